The second kappa shape index (κ2) is 7.94. The third-order valence-corrected chi connectivity index (χ3v) is 5.77. The van der Waals surface area contributed by atoms with Crippen LogP contribution >= 0.6 is 0 Å². The largest absolute Gasteiger partial charge is 0.482 e. The van der Waals surface area contributed by atoms with Crippen LogP contribution < -0.4 is 14.6 Å². The summed E-state index contributed by atoms with van der Waals surface area (Å²) >= 11 is 0. The Morgan fingerprint density at radius 1 is 1.04 bits per heavy atom. The van der Waals surface area contributed by atoms with Gasteiger partial charge in [-0.1, -0.05) is 0 Å². The molecule has 0 saturated carbocycles. The van der Waals surface area contributed by atoms with E-state index in [4.69, 9.17) is 9.88 Å². The molecular weight excluding hydrogens is 396 g/mol. The number of ether oxygens (including phenoxy) is 2. The molecule has 11 heteroatoms. The van der Waals surface area contributed by atoms with Crippen molar-refractivity contribution in [2.45, 2.75) is 16.7 Å². The van der Waals surface area contributed by atoms with Crippen molar-refractivity contribution in [2.75, 3.05) is 18.4 Å². The first-order valence-corrected chi connectivity index (χ1v) is 10.5. The number of anilines is 1. The highest BCUT2D eigenvalue weighted by atomic mass is 32.2. The minimum absolute atomic E-state index is 0.0269. The fraction of sp³-hybridized carbons (Fsp3) is 0.188. The maximum absolute atomic E-state index is 12.5. The van der Waals surface area contributed by atoms with Gasteiger partial charge in [-0.25, -0.2) is 26.8 Å². The maximum atomic E-state index is 12.5. The van der Waals surface area contributed by atoms with Gasteiger partial charge in [-0.2, -0.15) is 0 Å². The number of benzene rings is 2. The van der Waals surface area contributed by atoms with E-state index in [1.165, 1.54) is 49.6 Å². The van der Waals surface area contributed by atoms with Gasteiger partial charge in [0.2, 0.25) is 10.0 Å². The van der Waals surface area contributed by atoms with Crippen LogP contribution in [0.2, 0.25) is 0 Å². The molecule has 0 bridgehead atoms. The first kappa shape index (κ1) is 20.7. The van der Waals surface area contributed by atoms with Gasteiger partial charge in [0.15, 0.2) is 6.61 Å². The number of rotatable bonds is 7. The molecule has 0 aliphatic carbocycles. The molecule has 0 aromatic heterocycles. The summed E-state index contributed by atoms with van der Waals surface area (Å²) in [5.41, 5.74) is 0.678. The zero-order valence-corrected chi connectivity index (χ0v) is 16.1. The van der Waals surface area contributed by atoms with E-state index in [1.807, 2.05) is 0 Å². The highest BCUT2D eigenvalue weighted by molar-refractivity contribution is 7.92. The lowest BCUT2D eigenvalue weighted by atomic mass is 10.2. The minimum atomic E-state index is -3.91. The van der Waals surface area contributed by atoms with Crippen LogP contribution in [0.15, 0.2) is 52.3 Å². The van der Waals surface area contributed by atoms with Gasteiger partial charge in [0.25, 0.3) is 10.0 Å². The summed E-state index contributed by atoms with van der Waals surface area (Å²) in [5, 5.41) is 5.00. The summed E-state index contributed by atoms with van der Waals surface area (Å²) in [6.07, 6.45) is 0. The molecule has 0 aliphatic rings. The number of sulfonamides is 2. The normalized spacial score (nSPS) is 11.7. The van der Waals surface area contributed by atoms with E-state index in [1.54, 1.807) is 6.92 Å². The number of nitrogens with two attached hydrogens (primary N) is 1. The summed E-state index contributed by atoms with van der Waals surface area (Å²) in [6, 6.07) is 9.10. The Labute approximate surface area is 157 Å². The Hall–Kier alpha value is -2.63. The number of carbonyl (C=O) groups excluding carboxylic acids is 1. The predicted octanol–water partition coefficient (Wildman–Crippen LogP) is 0.995. The Kier molecular flexibility index (Phi) is 6.08. The Morgan fingerprint density at radius 3 is 2.15 bits per heavy atom. The standard InChI is InChI=1S/C16H18N2O7S2/c1-11-9-14(7-8-15(11)25-10-16(19)24-2)27(22,23)18-12-3-5-13(6-4-12)26(17,20)21/h3-9,18H,10H2,1-2H3,(H2,17,20,21). The number of aryl methyl sites for hydroxylation is 1. The van der Waals surface area contributed by atoms with Crippen LogP contribution in [0.1, 0.15) is 5.56 Å². The molecule has 0 radical (unpaired) electrons. The second-order valence-corrected chi connectivity index (χ2v) is 8.71. The van der Waals surface area contributed by atoms with Gasteiger partial charge in [-0.05, 0) is 55.0 Å². The number of nitrogens with one attached hydrogen (secondary N) is 1. The molecule has 3 N–H and O–H groups in total. The maximum Gasteiger partial charge on any atom is 0.343 e. The van der Waals surface area contributed by atoms with Gasteiger partial charge in [-0.15, -0.1) is 0 Å². The van der Waals surface area contributed by atoms with Gasteiger partial charge >= 0.3 is 5.97 Å². The molecular formula is C16H18N2O7S2. The van der Waals surface area contributed by atoms with Crippen molar-refractivity contribution in [3.63, 3.8) is 0 Å². The first-order valence-electron chi connectivity index (χ1n) is 7.49. The highest BCUT2D eigenvalue weighted by Gasteiger charge is 2.17. The number of esters is 1. The van der Waals surface area contributed by atoms with Crippen LogP contribution in [0.5, 0.6) is 5.75 Å². The van der Waals surface area contributed by atoms with E-state index in [9.17, 15) is 21.6 Å². The summed E-state index contributed by atoms with van der Waals surface area (Å²) in [4.78, 5) is 11.0. The molecule has 27 heavy (non-hydrogen) atoms. The molecule has 0 heterocycles. The predicted molar refractivity (Wildman–Crippen MR) is 97.3 cm³/mol. The smallest absolute Gasteiger partial charge is 0.343 e. The molecule has 0 fully saturated rings. The van der Waals surface area contributed by atoms with E-state index in [2.05, 4.69) is 9.46 Å². The molecule has 9 nitrogen and oxygen atoms in total. The Morgan fingerprint density at radius 2 is 1.63 bits per heavy atom. The number of hydrogen-bond acceptors (Lipinski definition) is 7. The lowest BCUT2D eigenvalue weighted by molar-refractivity contribution is -0.142. The van der Waals surface area contributed by atoms with Crippen molar-refractivity contribution < 1.29 is 31.1 Å². The topological polar surface area (TPSA) is 142 Å². The second-order valence-electron chi connectivity index (χ2n) is 5.47. The van der Waals surface area contributed by atoms with E-state index in [0.717, 1.165) is 0 Å². The molecule has 0 amide bonds. The first-order chi connectivity index (χ1) is 12.5. The van der Waals surface area contributed by atoms with Gasteiger partial charge < -0.3 is 9.47 Å². The van der Waals surface area contributed by atoms with E-state index in [-0.39, 0.29) is 22.1 Å². The van der Waals surface area contributed by atoms with Crippen molar-refractivity contribution in [1.29, 1.82) is 0 Å². The van der Waals surface area contributed by atoms with Crippen LogP contribution in [-0.4, -0.2) is 36.5 Å². The molecule has 0 aliphatic heterocycles. The molecule has 146 valence electrons. The van der Waals surface area contributed by atoms with E-state index >= 15 is 0 Å². The lowest BCUT2D eigenvalue weighted by Gasteiger charge is -2.12. The number of methoxy groups -OCH3 is 1. The van der Waals surface area contributed by atoms with E-state index < -0.39 is 26.0 Å². The minimum Gasteiger partial charge on any atom is -0.482 e. The molecule has 0 atom stereocenters. The van der Waals surface area contributed by atoms with Gasteiger partial charge in [0, 0.05) is 5.69 Å². The quantitative estimate of drug-likeness (QED) is 0.644. The Bertz CT molecular complexity index is 1050. The van der Waals surface area contributed by atoms with Crippen molar-refractivity contribution in [3.05, 3.63) is 48.0 Å². The molecule has 0 unspecified atom stereocenters. The summed E-state index contributed by atoms with van der Waals surface area (Å²) in [7, 11) is -6.55. The average molecular weight is 414 g/mol. The van der Waals surface area contributed by atoms with Crippen molar-refractivity contribution >= 4 is 31.7 Å². The summed E-state index contributed by atoms with van der Waals surface area (Å²) in [5.74, 6) is -0.215. The van der Waals surface area contributed by atoms with Gasteiger partial charge in [0.05, 0.1) is 16.9 Å². The summed E-state index contributed by atoms with van der Waals surface area (Å²) in [6.45, 7) is 1.34. The van der Waals surface area contributed by atoms with Crippen molar-refractivity contribution in [2.24, 2.45) is 5.14 Å². The van der Waals surface area contributed by atoms with E-state index in [0.29, 0.717) is 11.3 Å². The van der Waals surface area contributed by atoms with Crippen molar-refractivity contribution in [3.8, 4) is 5.75 Å². The van der Waals surface area contributed by atoms with Crippen LogP contribution in [0.25, 0.3) is 0 Å². The third-order valence-electron chi connectivity index (χ3n) is 3.46. The molecule has 2 aromatic rings. The lowest BCUT2D eigenvalue weighted by Crippen LogP contribution is -2.15. The van der Waals surface area contributed by atoms with Crippen LogP contribution in [0.3, 0.4) is 0 Å². The highest BCUT2D eigenvalue weighted by Crippen LogP contribution is 2.24. The molecule has 2 rings (SSSR count). The zero-order chi connectivity index (χ0) is 20.2. The third kappa shape index (κ3) is 5.42. The van der Waals surface area contributed by atoms with Crippen molar-refractivity contribution in [1.82, 2.24) is 0 Å². The molecule has 0 spiro atoms. The SMILES string of the molecule is COC(=O)COc1ccc(S(=O)(=O)Nc2ccc(S(N)(=O)=O)cc2)cc1C. The number of primary sulfonamides is 1. The molecule has 0 saturated heterocycles. The molecule has 2 aromatic carbocycles. The zero-order valence-electron chi connectivity index (χ0n) is 14.5. The van der Waals surface area contributed by atoms with Crippen LogP contribution in [0.4, 0.5) is 5.69 Å². The van der Waals surface area contributed by atoms with Gasteiger partial charge in [-0.3, -0.25) is 4.72 Å². The number of hydrogen-bond donors (Lipinski definition) is 2. The van der Waals surface area contributed by atoms with Crippen LogP contribution in [0, 0.1) is 6.92 Å². The van der Waals surface area contributed by atoms with Gasteiger partial charge in [0.1, 0.15) is 5.75 Å². The monoisotopic (exact) mass is 414 g/mol. The van der Waals surface area contributed by atoms with Crippen LogP contribution in [-0.2, 0) is 29.6 Å². The average Bonchev–Trinajstić information content (AvgIpc) is 2.59. The Balaban J connectivity index is 2.19. The number of carbonyl (C=O) groups is 1. The fourth-order valence-corrected chi connectivity index (χ4v) is 3.73. The summed E-state index contributed by atoms with van der Waals surface area (Å²) < 4.78 is 59.5. The fourth-order valence-electron chi connectivity index (χ4n) is 2.07.